The molecule has 1 fully saturated rings. The molecule has 1 amide bonds. The lowest BCUT2D eigenvalue weighted by molar-refractivity contribution is -0.131. The van der Waals surface area contributed by atoms with Gasteiger partial charge in [-0.2, -0.15) is 0 Å². The lowest BCUT2D eigenvalue weighted by atomic mass is 9.78. The van der Waals surface area contributed by atoms with Crippen LogP contribution >= 0.6 is 0 Å². The van der Waals surface area contributed by atoms with Gasteiger partial charge in [0.25, 0.3) is 5.91 Å². The van der Waals surface area contributed by atoms with Crippen molar-refractivity contribution >= 4 is 18.0 Å². The fraction of sp³-hybridized carbons (Fsp3) is 0.375. The zero-order chi connectivity index (χ0) is 14.8. The van der Waals surface area contributed by atoms with Crippen molar-refractivity contribution in [2.24, 2.45) is 0 Å². The number of amides is 1. The summed E-state index contributed by atoms with van der Waals surface area (Å²) >= 11 is 0. The van der Waals surface area contributed by atoms with Crippen LogP contribution in [0.5, 0.6) is 0 Å². The van der Waals surface area contributed by atoms with Gasteiger partial charge in [0.15, 0.2) is 0 Å². The van der Waals surface area contributed by atoms with Crippen LogP contribution in [0.25, 0.3) is 6.08 Å². The molecule has 1 aliphatic rings. The molecule has 2 N–H and O–H groups in total. The fourth-order valence-corrected chi connectivity index (χ4v) is 2.33. The second kappa shape index (κ2) is 5.49. The van der Waals surface area contributed by atoms with Gasteiger partial charge in [-0.05, 0) is 56.4 Å². The Morgan fingerprint density at radius 2 is 2.05 bits per heavy atom. The van der Waals surface area contributed by atoms with Crippen molar-refractivity contribution < 1.29 is 14.7 Å². The minimum atomic E-state index is -1.00. The SMILES string of the molecule is Cc1ccc(/C=C/C(=O)O)cc1C(=O)NC1(C)CCC1. The zero-order valence-electron chi connectivity index (χ0n) is 11.8. The number of carbonyl (C=O) groups is 2. The van der Waals surface area contributed by atoms with Crippen LogP contribution in [0.2, 0.25) is 0 Å². The first-order valence-corrected chi connectivity index (χ1v) is 6.74. The maximum atomic E-state index is 12.3. The Hall–Kier alpha value is -2.10. The number of hydrogen-bond acceptors (Lipinski definition) is 2. The lowest BCUT2D eigenvalue weighted by Crippen LogP contribution is -2.51. The van der Waals surface area contributed by atoms with Gasteiger partial charge in [-0.25, -0.2) is 4.79 Å². The van der Waals surface area contributed by atoms with Gasteiger partial charge >= 0.3 is 5.97 Å². The Labute approximate surface area is 118 Å². The summed E-state index contributed by atoms with van der Waals surface area (Å²) in [6, 6.07) is 5.36. The second-order valence-corrected chi connectivity index (χ2v) is 5.61. The van der Waals surface area contributed by atoms with Gasteiger partial charge in [-0.1, -0.05) is 12.1 Å². The predicted molar refractivity (Wildman–Crippen MR) is 77.6 cm³/mol. The number of benzene rings is 1. The maximum absolute atomic E-state index is 12.3. The smallest absolute Gasteiger partial charge is 0.328 e. The Morgan fingerprint density at radius 3 is 2.60 bits per heavy atom. The van der Waals surface area contributed by atoms with Gasteiger partial charge in [-0.15, -0.1) is 0 Å². The number of rotatable bonds is 4. The molecule has 1 aromatic carbocycles. The third kappa shape index (κ3) is 3.26. The standard InChI is InChI=1S/C16H19NO3/c1-11-4-5-12(6-7-14(18)19)10-13(11)15(20)17-16(2)8-3-9-16/h4-7,10H,3,8-9H2,1-2H3,(H,17,20)(H,18,19)/b7-6+. The van der Waals surface area contributed by atoms with Gasteiger partial charge in [-0.3, -0.25) is 4.79 Å². The number of carboxylic acid groups (broad SMARTS) is 1. The quantitative estimate of drug-likeness (QED) is 0.829. The van der Waals surface area contributed by atoms with Gasteiger partial charge in [0.1, 0.15) is 0 Å². The molecular formula is C16H19NO3. The molecule has 0 heterocycles. The highest BCUT2D eigenvalue weighted by molar-refractivity contribution is 5.97. The molecular weight excluding hydrogens is 254 g/mol. The minimum Gasteiger partial charge on any atom is -0.478 e. The molecule has 1 saturated carbocycles. The van der Waals surface area contributed by atoms with E-state index >= 15 is 0 Å². The molecule has 0 aliphatic heterocycles. The van der Waals surface area contributed by atoms with Crippen molar-refractivity contribution in [2.45, 2.75) is 38.6 Å². The molecule has 0 bridgehead atoms. The van der Waals surface area contributed by atoms with E-state index in [4.69, 9.17) is 5.11 Å². The van der Waals surface area contributed by atoms with Crippen LogP contribution in [0.3, 0.4) is 0 Å². The van der Waals surface area contributed by atoms with E-state index in [0.717, 1.165) is 30.9 Å². The average Bonchev–Trinajstić information content (AvgIpc) is 2.35. The highest BCUT2D eigenvalue weighted by Gasteiger charge is 2.33. The molecule has 0 aromatic heterocycles. The number of aliphatic carboxylic acids is 1. The molecule has 4 nitrogen and oxygen atoms in total. The van der Waals surface area contributed by atoms with Crippen LogP contribution in [-0.4, -0.2) is 22.5 Å². The topological polar surface area (TPSA) is 66.4 Å². The van der Waals surface area contributed by atoms with Gasteiger partial charge in [0, 0.05) is 17.2 Å². The molecule has 106 valence electrons. The summed E-state index contributed by atoms with van der Waals surface area (Å²) in [4.78, 5) is 22.8. The summed E-state index contributed by atoms with van der Waals surface area (Å²) in [7, 11) is 0. The molecule has 20 heavy (non-hydrogen) atoms. The van der Waals surface area contributed by atoms with Crippen LogP contribution in [0.1, 0.15) is 47.7 Å². The number of hydrogen-bond donors (Lipinski definition) is 2. The summed E-state index contributed by atoms with van der Waals surface area (Å²) in [5, 5.41) is 11.7. The normalized spacial score (nSPS) is 16.7. The van der Waals surface area contributed by atoms with Crippen molar-refractivity contribution in [3.8, 4) is 0 Å². The van der Waals surface area contributed by atoms with Crippen molar-refractivity contribution in [3.05, 3.63) is 41.0 Å². The molecule has 4 heteroatoms. The maximum Gasteiger partial charge on any atom is 0.328 e. The Kier molecular flexibility index (Phi) is 3.93. The number of aryl methyl sites for hydroxylation is 1. The van der Waals surface area contributed by atoms with Crippen molar-refractivity contribution in [3.63, 3.8) is 0 Å². The number of carboxylic acids is 1. The minimum absolute atomic E-state index is 0.0869. The van der Waals surface area contributed by atoms with Crippen LogP contribution in [-0.2, 0) is 4.79 Å². The molecule has 1 aromatic rings. The van der Waals surface area contributed by atoms with Crippen LogP contribution in [0.15, 0.2) is 24.3 Å². The molecule has 0 atom stereocenters. The van der Waals surface area contributed by atoms with E-state index in [1.54, 1.807) is 12.1 Å². The first-order chi connectivity index (χ1) is 9.39. The first kappa shape index (κ1) is 14.3. The Balaban J connectivity index is 2.19. The third-order valence-corrected chi connectivity index (χ3v) is 3.80. The Bertz CT molecular complexity index is 571. The van der Waals surface area contributed by atoms with E-state index in [0.29, 0.717) is 11.1 Å². The monoisotopic (exact) mass is 273 g/mol. The summed E-state index contributed by atoms with van der Waals surface area (Å²) in [5.41, 5.74) is 2.11. The largest absolute Gasteiger partial charge is 0.478 e. The van der Waals surface area contributed by atoms with Gasteiger partial charge in [0.05, 0.1) is 0 Å². The highest BCUT2D eigenvalue weighted by atomic mass is 16.4. The van der Waals surface area contributed by atoms with Crippen molar-refractivity contribution in [1.82, 2.24) is 5.32 Å². The fourth-order valence-electron chi connectivity index (χ4n) is 2.33. The van der Waals surface area contributed by atoms with E-state index in [1.165, 1.54) is 6.08 Å². The molecule has 2 rings (SSSR count). The van der Waals surface area contributed by atoms with Crippen LogP contribution < -0.4 is 5.32 Å². The first-order valence-electron chi connectivity index (χ1n) is 6.74. The summed E-state index contributed by atoms with van der Waals surface area (Å²) in [5.74, 6) is -1.09. The molecule has 0 unspecified atom stereocenters. The molecule has 0 spiro atoms. The van der Waals surface area contributed by atoms with Crippen molar-refractivity contribution in [1.29, 1.82) is 0 Å². The summed E-state index contributed by atoms with van der Waals surface area (Å²) in [6.07, 6.45) is 5.73. The molecule has 0 radical (unpaired) electrons. The van der Waals surface area contributed by atoms with E-state index in [1.807, 2.05) is 13.0 Å². The summed E-state index contributed by atoms with van der Waals surface area (Å²) in [6.45, 7) is 3.93. The molecule has 0 saturated heterocycles. The predicted octanol–water partition coefficient (Wildman–Crippen LogP) is 2.77. The highest BCUT2D eigenvalue weighted by Crippen LogP contribution is 2.31. The van der Waals surface area contributed by atoms with E-state index in [-0.39, 0.29) is 11.4 Å². The second-order valence-electron chi connectivity index (χ2n) is 5.61. The van der Waals surface area contributed by atoms with E-state index in [9.17, 15) is 9.59 Å². The molecule has 1 aliphatic carbocycles. The zero-order valence-corrected chi connectivity index (χ0v) is 11.8. The Morgan fingerprint density at radius 1 is 1.35 bits per heavy atom. The van der Waals surface area contributed by atoms with Crippen molar-refractivity contribution in [2.75, 3.05) is 0 Å². The number of carbonyl (C=O) groups excluding carboxylic acids is 1. The van der Waals surface area contributed by atoms with E-state index in [2.05, 4.69) is 12.2 Å². The van der Waals surface area contributed by atoms with Gasteiger partial charge in [0.2, 0.25) is 0 Å². The summed E-state index contributed by atoms with van der Waals surface area (Å²) < 4.78 is 0. The van der Waals surface area contributed by atoms with Gasteiger partial charge < -0.3 is 10.4 Å². The van der Waals surface area contributed by atoms with E-state index < -0.39 is 5.97 Å². The third-order valence-electron chi connectivity index (χ3n) is 3.80. The number of nitrogens with one attached hydrogen (secondary N) is 1. The lowest BCUT2D eigenvalue weighted by Gasteiger charge is -2.39. The average molecular weight is 273 g/mol. The van der Waals surface area contributed by atoms with Crippen LogP contribution in [0.4, 0.5) is 0 Å². The van der Waals surface area contributed by atoms with Crippen LogP contribution in [0, 0.1) is 6.92 Å².